The van der Waals surface area contributed by atoms with Gasteiger partial charge in [-0.15, -0.1) is 0 Å². The number of benzene rings is 2. The summed E-state index contributed by atoms with van der Waals surface area (Å²) in [6, 6.07) is 7.14. The second-order valence-corrected chi connectivity index (χ2v) is 5.68. The van der Waals surface area contributed by atoms with Crippen molar-refractivity contribution >= 4 is 11.6 Å². The van der Waals surface area contributed by atoms with Crippen molar-refractivity contribution in [2.45, 2.75) is 13.1 Å². The minimum absolute atomic E-state index is 0.0381. The zero-order chi connectivity index (χ0) is 19.8. The molecular formula is C18H12F5N3O. The third-order valence-corrected chi connectivity index (χ3v) is 3.85. The lowest BCUT2D eigenvalue weighted by Crippen LogP contribution is -2.14. The van der Waals surface area contributed by atoms with E-state index >= 15 is 0 Å². The van der Waals surface area contributed by atoms with E-state index in [1.807, 2.05) is 0 Å². The zero-order valence-electron chi connectivity index (χ0n) is 13.8. The monoisotopic (exact) mass is 381 g/mol. The van der Waals surface area contributed by atoms with Gasteiger partial charge in [0, 0.05) is 6.07 Å². The first kappa shape index (κ1) is 18.6. The number of nitrogens with one attached hydrogen (secondary N) is 1. The molecule has 3 rings (SSSR count). The lowest BCUT2D eigenvalue weighted by Gasteiger charge is -2.10. The van der Waals surface area contributed by atoms with Gasteiger partial charge in [-0.05, 0) is 37.3 Å². The van der Waals surface area contributed by atoms with Gasteiger partial charge in [0.25, 0.3) is 5.91 Å². The molecule has 2 aromatic carbocycles. The molecule has 0 radical (unpaired) electrons. The number of alkyl halides is 3. The van der Waals surface area contributed by atoms with Crippen molar-refractivity contribution < 1.29 is 26.7 Å². The molecule has 1 heterocycles. The number of anilines is 1. The van der Waals surface area contributed by atoms with Crippen LogP contribution >= 0.6 is 0 Å². The van der Waals surface area contributed by atoms with E-state index in [1.54, 1.807) is 0 Å². The number of carbonyl (C=O) groups excluding carboxylic acids is 1. The number of aromatic nitrogens is 2. The number of hydrogen-bond donors (Lipinski definition) is 1. The van der Waals surface area contributed by atoms with Crippen molar-refractivity contribution in [1.82, 2.24) is 9.78 Å². The maximum Gasteiger partial charge on any atom is 0.416 e. The second kappa shape index (κ2) is 6.82. The Labute approximate surface area is 150 Å². The summed E-state index contributed by atoms with van der Waals surface area (Å²) in [4.78, 5) is 12.3. The summed E-state index contributed by atoms with van der Waals surface area (Å²) in [7, 11) is 0. The van der Waals surface area contributed by atoms with Gasteiger partial charge in [-0.25, -0.2) is 13.5 Å². The Hall–Kier alpha value is -3.23. The van der Waals surface area contributed by atoms with Crippen molar-refractivity contribution in [2.24, 2.45) is 0 Å². The van der Waals surface area contributed by atoms with Gasteiger partial charge in [0.1, 0.15) is 11.6 Å². The summed E-state index contributed by atoms with van der Waals surface area (Å²) in [5, 5.41) is 6.22. The molecule has 1 amide bonds. The van der Waals surface area contributed by atoms with E-state index in [0.29, 0.717) is 6.07 Å². The largest absolute Gasteiger partial charge is 0.416 e. The fraction of sp³-hybridized carbons (Fsp3) is 0.111. The maximum absolute atomic E-state index is 13.7. The molecule has 3 aromatic rings. The molecule has 1 aromatic heterocycles. The number of nitrogens with zero attached hydrogens (tertiary/aromatic N) is 2. The second-order valence-electron chi connectivity index (χ2n) is 5.68. The summed E-state index contributed by atoms with van der Waals surface area (Å²) in [6.07, 6.45) is -3.36. The van der Waals surface area contributed by atoms with Crippen LogP contribution in [0.2, 0.25) is 0 Å². The summed E-state index contributed by atoms with van der Waals surface area (Å²) in [6.45, 7) is 1.49. The fourth-order valence-electron chi connectivity index (χ4n) is 2.49. The number of hydrogen-bond acceptors (Lipinski definition) is 2. The van der Waals surface area contributed by atoms with Crippen LogP contribution in [0.1, 0.15) is 21.6 Å². The molecule has 0 saturated carbocycles. The van der Waals surface area contributed by atoms with E-state index < -0.39 is 29.3 Å². The number of amides is 1. The van der Waals surface area contributed by atoms with Crippen molar-refractivity contribution in [2.75, 3.05) is 5.32 Å². The molecule has 0 aliphatic carbocycles. The van der Waals surface area contributed by atoms with Gasteiger partial charge < -0.3 is 5.32 Å². The molecule has 0 spiro atoms. The first-order valence-corrected chi connectivity index (χ1v) is 7.65. The first-order chi connectivity index (χ1) is 12.7. The van der Waals surface area contributed by atoms with E-state index in [2.05, 4.69) is 10.4 Å². The van der Waals surface area contributed by atoms with Crippen LogP contribution in [-0.4, -0.2) is 15.7 Å². The van der Waals surface area contributed by atoms with Crippen LogP contribution in [0.25, 0.3) is 5.69 Å². The SMILES string of the molecule is Cc1c(C(=O)Nc2ccc(F)cc2F)cnn1-c1cccc(C(F)(F)F)c1. The molecule has 0 unspecified atom stereocenters. The van der Waals surface area contributed by atoms with Crippen LogP contribution in [0.5, 0.6) is 0 Å². The Morgan fingerprint density at radius 1 is 1.11 bits per heavy atom. The highest BCUT2D eigenvalue weighted by Crippen LogP contribution is 2.30. The lowest BCUT2D eigenvalue weighted by molar-refractivity contribution is -0.137. The van der Waals surface area contributed by atoms with Crippen LogP contribution in [0.15, 0.2) is 48.7 Å². The molecule has 1 N–H and O–H groups in total. The predicted octanol–water partition coefficient (Wildman–Crippen LogP) is 4.73. The van der Waals surface area contributed by atoms with E-state index in [9.17, 15) is 26.7 Å². The van der Waals surface area contributed by atoms with E-state index in [1.165, 1.54) is 23.7 Å². The Morgan fingerprint density at radius 3 is 2.52 bits per heavy atom. The summed E-state index contributed by atoms with van der Waals surface area (Å²) in [5.41, 5.74) is -0.665. The van der Waals surface area contributed by atoms with E-state index in [-0.39, 0.29) is 22.6 Å². The average molecular weight is 381 g/mol. The Morgan fingerprint density at radius 2 is 1.85 bits per heavy atom. The standard InChI is InChI=1S/C18H12F5N3O/c1-10-14(17(27)25-16-6-5-12(19)8-15(16)20)9-24-26(10)13-4-2-3-11(7-13)18(21,22)23/h2-9H,1H3,(H,25,27). The summed E-state index contributed by atoms with van der Waals surface area (Å²) in [5.74, 6) is -2.47. The lowest BCUT2D eigenvalue weighted by atomic mass is 10.2. The average Bonchev–Trinajstić information content (AvgIpc) is 2.98. The van der Waals surface area contributed by atoms with Gasteiger partial charge in [-0.2, -0.15) is 18.3 Å². The Balaban J connectivity index is 1.90. The molecular weight excluding hydrogens is 369 g/mol. The number of carbonyl (C=O) groups is 1. The van der Waals surface area contributed by atoms with Crippen LogP contribution in [0.3, 0.4) is 0 Å². The zero-order valence-corrected chi connectivity index (χ0v) is 13.8. The molecule has 0 bridgehead atoms. The quantitative estimate of drug-likeness (QED) is 0.667. The van der Waals surface area contributed by atoms with Gasteiger partial charge in [-0.1, -0.05) is 6.07 Å². The van der Waals surface area contributed by atoms with Gasteiger partial charge >= 0.3 is 6.18 Å². The van der Waals surface area contributed by atoms with Crippen molar-refractivity contribution in [1.29, 1.82) is 0 Å². The minimum atomic E-state index is -4.52. The predicted molar refractivity (Wildman–Crippen MR) is 87.6 cm³/mol. The molecule has 9 heteroatoms. The molecule has 0 saturated heterocycles. The van der Waals surface area contributed by atoms with Gasteiger partial charge in [0.15, 0.2) is 0 Å². The summed E-state index contributed by atoms with van der Waals surface area (Å²) >= 11 is 0. The number of halogens is 5. The van der Waals surface area contributed by atoms with E-state index in [4.69, 9.17) is 0 Å². The van der Waals surface area contributed by atoms with Crippen LogP contribution < -0.4 is 5.32 Å². The fourth-order valence-corrected chi connectivity index (χ4v) is 2.49. The highest BCUT2D eigenvalue weighted by atomic mass is 19.4. The van der Waals surface area contributed by atoms with Crippen LogP contribution in [0.4, 0.5) is 27.6 Å². The van der Waals surface area contributed by atoms with Crippen molar-refractivity contribution in [3.05, 3.63) is 77.1 Å². The van der Waals surface area contributed by atoms with E-state index in [0.717, 1.165) is 30.5 Å². The Kier molecular flexibility index (Phi) is 4.69. The van der Waals surface area contributed by atoms with Gasteiger partial charge in [-0.3, -0.25) is 4.79 Å². The third kappa shape index (κ3) is 3.81. The summed E-state index contributed by atoms with van der Waals surface area (Å²) < 4.78 is 66.4. The smallest absolute Gasteiger partial charge is 0.319 e. The van der Waals surface area contributed by atoms with Gasteiger partial charge in [0.2, 0.25) is 0 Å². The maximum atomic E-state index is 13.7. The molecule has 27 heavy (non-hydrogen) atoms. The van der Waals surface area contributed by atoms with Crippen LogP contribution in [0, 0.1) is 18.6 Å². The molecule has 0 aliphatic heterocycles. The van der Waals surface area contributed by atoms with Crippen molar-refractivity contribution in [3.63, 3.8) is 0 Å². The normalized spacial score (nSPS) is 11.5. The van der Waals surface area contributed by atoms with Crippen LogP contribution in [-0.2, 0) is 6.18 Å². The highest BCUT2D eigenvalue weighted by molar-refractivity contribution is 6.05. The molecule has 0 atom stereocenters. The third-order valence-electron chi connectivity index (χ3n) is 3.85. The molecule has 140 valence electrons. The molecule has 0 fully saturated rings. The first-order valence-electron chi connectivity index (χ1n) is 7.65. The van der Waals surface area contributed by atoms with Gasteiger partial charge in [0.05, 0.1) is 34.4 Å². The minimum Gasteiger partial charge on any atom is -0.319 e. The number of rotatable bonds is 3. The molecule has 0 aliphatic rings. The van der Waals surface area contributed by atoms with Crippen molar-refractivity contribution in [3.8, 4) is 5.69 Å². The Bertz CT molecular complexity index is 1010. The topological polar surface area (TPSA) is 46.9 Å². The highest BCUT2D eigenvalue weighted by Gasteiger charge is 2.30. The molecule has 4 nitrogen and oxygen atoms in total.